The van der Waals surface area contributed by atoms with Crippen LogP contribution in [-0.4, -0.2) is 27.4 Å². The summed E-state index contributed by atoms with van der Waals surface area (Å²) in [7, 11) is 0. The summed E-state index contributed by atoms with van der Waals surface area (Å²) in [6.07, 6.45) is 3.04. The summed E-state index contributed by atoms with van der Waals surface area (Å²) in [5, 5.41) is 7.96. The van der Waals surface area contributed by atoms with Crippen molar-refractivity contribution in [1.29, 1.82) is 0 Å². The van der Waals surface area contributed by atoms with E-state index in [9.17, 15) is 0 Å². The lowest BCUT2D eigenvalue weighted by Gasteiger charge is -2.11. The predicted octanol–water partition coefficient (Wildman–Crippen LogP) is 1.79. The van der Waals surface area contributed by atoms with Crippen molar-refractivity contribution in [2.75, 3.05) is 6.54 Å². The number of hydrogen-bond acceptors (Lipinski definition) is 3. The summed E-state index contributed by atoms with van der Waals surface area (Å²) < 4.78 is 2.04. The van der Waals surface area contributed by atoms with Gasteiger partial charge in [0.1, 0.15) is 5.82 Å². The van der Waals surface area contributed by atoms with Gasteiger partial charge in [-0.2, -0.15) is 5.10 Å². The van der Waals surface area contributed by atoms with Crippen molar-refractivity contribution in [2.24, 2.45) is 0 Å². The van der Waals surface area contributed by atoms with Gasteiger partial charge < -0.3 is 5.32 Å². The highest BCUT2D eigenvalue weighted by molar-refractivity contribution is 4.92. The molecule has 92 valence electrons. The minimum absolute atomic E-state index is 0.583. The smallest absolute Gasteiger partial charge is 0.150 e. The maximum absolute atomic E-state index is 4.49. The third kappa shape index (κ3) is 3.59. The molecule has 0 aliphatic carbocycles. The first-order valence-electron chi connectivity index (χ1n) is 6.37. The highest BCUT2D eigenvalue weighted by Crippen LogP contribution is 2.00. The molecule has 4 nitrogen and oxygen atoms in total. The van der Waals surface area contributed by atoms with Crippen LogP contribution in [0.5, 0.6) is 0 Å². The van der Waals surface area contributed by atoms with Gasteiger partial charge in [0.25, 0.3) is 0 Å². The number of aromatic nitrogens is 3. The van der Waals surface area contributed by atoms with Gasteiger partial charge in [-0.1, -0.05) is 20.8 Å². The van der Waals surface area contributed by atoms with Gasteiger partial charge in [0.2, 0.25) is 0 Å². The maximum atomic E-state index is 4.49. The molecule has 1 atom stereocenters. The minimum atomic E-state index is 0.583. The Hall–Kier alpha value is -0.900. The van der Waals surface area contributed by atoms with Gasteiger partial charge in [0.05, 0.1) is 6.54 Å². The summed E-state index contributed by atoms with van der Waals surface area (Å²) in [4.78, 5) is 4.49. The summed E-state index contributed by atoms with van der Waals surface area (Å²) in [6, 6.07) is 0.583. The van der Waals surface area contributed by atoms with E-state index in [2.05, 4.69) is 43.1 Å². The topological polar surface area (TPSA) is 42.7 Å². The van der Waals surface area contributed by atoms with E-state index in [1.165, 1.54) is 0 Å². The number of nitrogens with zero attached hydrogens (tertiary/aromatic N) is 3. The van der Waals surface area contributed by atoms with Crippen LogP contribution >= 0.6 is 0 Å². The van der Waals surface area contributed by atoms with Crippen LogP contribution in [0, 0.1) is 0 Å². The van der Waals surface area contributed by atoms with Crippen molar-refractivity contribution in [3.63, 3.8) is 0 Å². The molecule has 0 amide bonds. The van der Waals surface area contributed by atoms with E-state index in [-0.39, 0.29) is 0 Å². The molecule has 0 aliphatic heterocycles. The van der Waals surface area contributed by atoms with Crippen LogP contribution in [-0.2, 0) is 19.4 Å². The Labute approximate surface area is 98.5 Å². The van der Waals surface area contributed by atoms with Crippen molar-refractivity contribution < 1.29 is 0 Å². The fraction of sp³-hybridized carbons (Fsp3) is 0.833. The molecule has 0 aliphatic rings. The van der Waals surface area contributed by atoms with Gasteiger partial charge in [-0.25, -0.2) is 9.67 Å². The molecule has 0 saturated heterocycles. The highest BCUT2D eigenvalue weighted by atomic mass is 15.3. The summed E-state index contributed by atoms with van der Waals surface area (Å²) in [6.45, 7) is 10.5. The molecule has 4 heteroatoms. The van der Waals surface area contributed by atoms with E-state index < -0.39 is 0 Å². The molecule has 0 saturated carbocycles. The first kappa shape index (κ1) is 13.2. The molecule has 1 aromatic rings. The minimum Gasteiger partial charge on any atom is -0.312 e. The number of nitrogens with one attached hydrogen (secondary N) is 1. The molecule has 0 bridgehead atoms. The van der Waals surface area contributed by atoms with Gasteiger partial charge in [0, 0.05) is 25.4 Å². The average Bonchev–Trinajstić information content (AvgIpc) is 2.71. The second-order valence-electron chi connectivity index (χ2n) is 4.14. The van der Waals surface area contributed by atoms with E-state index in [4.69, 9.17) is 0 Å². The Morgan fingerprint density at radius 2 is 2.00 bits per heavy atom. The molecular weight excluding hydrogens is 200 g/mol. The Morgan fingerprint density at radius 3 is 2.56 bits per heavy atom. The molecule has 1 rings (SSSR count). The Kier molecular flexibility index (Phi) is 5.46. The van der Waals surface area contributed by atoms with Gasteiger partial charge in [-0.3, -0.25) is 0 Å². The summed E-state index contributed by atoms with van der Waals surface area (Å²) in [5.74, 6) is 2.06. The zero-order chi connectivity index (χ0) is 12.0. The van der Waals surface area contributed by atoms with Crippen molar-refractivity contribution in [3.8, 4) is 0 Å². The van der Waals surface area contributed by atoms with Crippen LogP contribution in [0.1, 0.15) is 45.8 Å². The molecule has 0 fully saturated rings. The second-order valence-corrected chi connectivity index (χ2v) is 4.14. The van der Waals surface area contributed by atoms with Crippen LogP contribution in [0.2, 0.25) is 0 Å². The van der Waals surface area contributed by atoms with Crippen LogP contribution in [0.3, 0.4) is 0 Å². The van der Waals surface area contributed by atoms with Crippen LogP contribution < -0.4 is 5.32 Å². The lowest BCUT2D eigenvalue weighted by molar-refractivity contribution is 0.477. The SMILES string of the molecule is CCc1nc(CC)n(CCNC(C)CC)n1. The quantitative estimate of drug-likeness (QED) is 0.768. The summed E-state index contributed by atoms with van der Waals surface area (Å²) >= 11 is 0. The fourth-order valence-electron chi connectivity index (χ4n) is 1.58. The van der Waals surface area contributed by atoms with Crippen molar-refractivity contribution in [2.45, 2.75) is 59.5 Å². The van der Waals surface area contributed by atoms with Crippen molar-refractivity contribution >= 4 is 0 Å². The first-order valence-corrected chi connectivity index (χ1v) is 6.37. The maximum Gasteiger partial charge on any atom is 0.150 e. The van der Waals surface area contributed by atoms with E-state index in [1.54, 1.807) is 0 Å². The molecule has 0 spiro atoms. The second kappa shape index (κ2) is 6.63. The number of aryl methyl sites for hydroxylation is 2. The molecule has 1 heterocycles. The normalized spacial score (nSPS) is 13.0. The Bertz CT molecular complexity index is 306. The number of rotatable bonds is 7. The van der Waals surface area contributed by atoms with Crippen molar-refractivity contribution in [3.05, 3.63) is 11.6 Å². The largest absolute Gasteiger partial charge is 0.312 e. The third-order valence-corrected chi connectivity index (χ3v) is 2.85. The van der Waals surface area contributed by atoms with Gasteiger partial charge in [0.15, 0.2) is 5.82 Å². The van der Waals surface area contributed by atoms with Crippen LogP contribution in [0.15, 0.2) is 0 Å². The predicted molar refractivity (Wildman–Crippen MR) is 66.5 cm³/mol. The van der Waals surface area contributed by atoms with Gasteiger partial charge >= 0.3 is 0 Å². The molecule has 0 radical (unpaired) electrons. The third-order valence-electron chi connectivity index (χ3n) is 2.85. The monoisotopic (exact) mass is 224 g/mol. The number of hydrogen-bond donors (Lipinski definition) is 1. The Balaban J connectivity index is 2.49. The van der Waals surface area contributed by atoms with Gasteiger partial charge in [-0.05, 0) is 13.3 Å². The molecule has 1 unspecified atom stereocenters. The molecule has 16 heavy (non-hydrogen) atoms. The fourth-order valence-corrected chi connectivity index (χ4v) is 1.58. The van der Waals surface area contributed by atoms with Crippen molar-refractivity contribution in [1.82, 2.24) is 20.1 Å². The zero-order valence-electron chi connectivity index (χ0n) is 11.0. The molecular formula is C12H24N4. The van der Waals surface area contributed by atoms with E-state index >= 15 is 0 Å². The van der Waals surface area contributed by atoms with E-state index in [0.717, 1.165) is 44.0 Å². The average molecular weight is 224 g/mol. The highest BCUT2D eigenvalue weighted by Gasteiger charge is 2.06. The zero-order valence-corrected chi connectivity index (χ0v) is 11.0. The Morgan fingerprint density at radius 1 is 1.25 bits per heavy atom. The van der Waals surface area contributed by atoms with Gasteiger partial charge in [-0.15, -0.1) is 0 Å². The first-order chi connectivity index (χ1) is 7.71. The van der Waals surface area contributed by atoms with E-state index in [1.807, 2.05) is 4.68 Å². The standard InChI is InChI=1S/C12H24N4/c1-5-10(4)13-8-9-16-12(7-3)14-11(6-2)15-16/h10,13H,5-9H2,1-4H3. The molecule has 1 aromatic heterocycles. The lowest BCUT2D eigenvalue weighted by Crippen LogP contribution is -2.29. The van der Waals surface area contributed by atoms with E-state index in [0.29, 0.717) is 6.04 Å². The molecule has 1 N–H and O–H groups in total. The summed E-state index contributed by atoms with van der Waals surface area (Å²) in [5.41, 5.74) is 0. The molecule has 0 aromatic carbocycles. The van der Waals surface area contributed by atoms with Crippen LogP contribution in [0.4, 0.5) is 0 Å². The van der Waals surface area contributed by atoms with Crippen LogP contribution in [0.25, 0.3) is 0 Å². The lowest BCUT2D eigenvalue weighted by atomic mass is 10.2.